The first-order valence-electron chi connectivity index (χ1n) is 5.69. The Morgan fingerprint density at radius 3 is 2.67 bits per heavy atom. The maximum atomic E-state index is 11.9. The van der Waals surface area contributed by atoms with Crippen LogP contribution in [0.1, 0.15) is 12.5 Å². The molecule has 0 heterocycles. The third-order valence-corrected chi connectivity index (χ3v) is 3.90. The van der Waals surface area contributed by atoms with Gasteiger partial charge in [-0.15, -0.1) is 0 Å². The van der Waals surface area contributed by atoms with E-state index in [0.29, 0.717) is 23.6 Å². The first-order valence-corrected chi connectivity index (χ1v) is 7.51. The summed E-state index contributed by atoms with van der Waals surface area (Å²) in [5.41, 5.74) is 6.78. The summed E-state index contributed by atoms with van der Waals surface area (Å²) in [7, 11) is -1.74. The minimum absolute atomic E-state index is 0.0101. The van der Waals surface area contributed by atoms with Gasteiger partial charge in [-0.3, -0.25) is 0 Å². The minimum atomic E-state index is -3.21. The van der Waals surface area contributed by atoms with Crippen molar-refractivity contribution in [3.05, 3.63) is 23.8 Å². The lowest BCUT2D eigenvalue weighted by atomic mass is 10.2. The molecule has 0 spiro atoms. The third kappa shape index (κ3) is 4.54. The van der Waals surface area contributed by atoms with Gasteiger partial charge in [-0.1, -0.05) is 0 Å². The second-order valence-electron chi connectivity index (χ2n) is 3.89. The second-order valence-corrected chi connectivity index (χ2v) is 6.07. The second kappa shape index (κ2) is 6.61. The number of methoxy groups -OCH3 is 1. The van der Waals surface area contributed by atoms with Crippen LogP contribution in [0.4, 0.5) is 5.69 Å². The van der Waals surface area contributed by atoms with E-state index >= 15 is 0 Å². The van der Waals surface area contributed by atoms with Crippen LogP contribution in [0.3, 0.4) is 0 Å². The number of nitrogen functional groups attached to an aromatic ring is 1. The average molecular weight is 273 g/mol. The molecule has 0 saturated carbocycles. The molecule has 18 heavy (non-hydrogen) atoms. The Morgan fingerprint density at radius 2 is 2.06 bits per heavy atom. The van der Waals surface area contributed by atoms with Gasteiger partial charge in [-0.25, -0.2) is 8.42 Å². The summed E-state index contributed by atoms with van der Waals surface area (Å²) in [6.07, 6.45) is 0. The van der Waals surface area contributed by atoms with Crippen LogP contribution in [0.5, 0.6) is 5.75 Å². The highest BCUT2D eigenvalue weighted by molar-refractivity contribution is 7.90. The van der Waals surface area contributed by atoms with E-state index in [1.165, 1.54) is 7.11 Å². The largest absolute Gasteiger partial charge is 0.494 e. The Labute approximate surface area is 108 Å². The van der Waals surface area contributed by atoms with Gasteiger partial charge < -0.3 is 15.2 Å². The van der Waals surface area contributed by atoms with Crippen LogP contribution in [0, 0.1) is 0 Å². The van der Waals surface area contributed by atoms with Crippen molar-refractivity contribution in [2.45, 2.75) is 12.7 Å². The number of nitrogens with two attached hydrogens (primary N) is 1. The number of sulfone groups is 1. The molecular weight excluding hydrogens is 254 g/mol. The zero-order valence-corrected chi connectivity index (χ0v) is 11.5. The van der Waals surface area contributed by atoms with Gasteiger partial charge in [0.2, 0.25) is 0 Å². The van der Waals surface area contributed by atoms with Crippen LogP contribution >= 0.6 is 0 Å². The molecule has 0 aliphatic heterocycles. The number of hydrogen-bond acceptors (Lipinski definition) is 5. The fourth-order valence-electron chi connectivity index (χ4n) is 1.53. The Morgan fingerprint density at radius 1 is 1.33 bits per heavy atom. The van der Waals surface area contributed by atoms with Crippen molar-refractivity contribution in [2.24, 2.45) is 0 Å². The zero-order chi connectivity index (χ0) is 13.6. The van der Waals surface area contributed by atoms with Crippen LogP contribution in [0.2, 0.25) is 0 Å². The quantitative estimate of drug-likeness (QED) is 0.756. The molecule has 2 N–H and O–H groups in total. The Kier molecular flexibility index (Phi) is 5.43. The molecule has 0 aliphatic carbocycles. The molecule has 102 valence electrons. The van der Waals surface area contributed by atoms with Crippen molar-refractivity contribution >= 4 is 15.5 Å². The van der Waals surface area contributed by atoms with Crippen molar-refractivity contribution in [2.75, 3.05) is 31.8 Å². The summed E-state index contributed by atoms with van der Waals surface area (Å²) in [6, 6.07) is 5.02. The highest BCUT2D eigenvalue weighted by Crippen LogP contribution is 2.23. The van der Waals surface area contributed by atoms with Gasteiger partial charge in [-0.2, -0.15) is 0 Å². The standard InChI is InChI=1S/C12H19NO4S/c1-3-17-12-5-4-11(13)8-10(12)9-18(14,15)7-6-16-2/h4-5,8H,3,6-7,9,13H2,1-2H3. The fraction of sp³-hybridized carbons (Fsp3) is 0.500. The van der Waals surface area contributed by atoms with E-state index < -0.39 is 9.84 Å². The topological polar surface area (TPSA) is 78.6 Å². The number of ether oxygens (including phenoxy) is 2. The smallest absolute Gasteiger partial charge is 0.156 e. The maximum absolute atomic E-state index is 11.9. The van der Waals surface area contributed by atoms with Crippen molar-refractivity contribution in [3.63, 3.8) is 0 Å². The van der Waals surface area contributed by atoms with Gasteiger partial charge in [0.05, 0.1) is 24.7 Å². The molecule has 1 aromatic carbocycles. The summed E-state index contributed by atoms with van der Waals surface area (Å²) in [5.74, 6) is 0.466. The van der Waals surface area contributed by atoms with Crippen molar-refractivity contribution in [1.82, 2.24) is 0 Å². The molecule has 0 unspecified atom stereocenters. The zero-order valence-electron chi connectivity index (χ0n) is 10.7. The van der Waals surface area contributed by atoms with Crippen LogP contribution in [0.15, 0.2) is 18.2 Å². The molecule has 0 radical (unpaired) electrons. The van der Waals surface area contributed by atoms with E-state index in [1.54, 1.807) is 18.2 Å². The van der Waals surface area contributed by atoms with Crippen molar-refractivity contribution in [1.29, 1.82) is 0 Å². The van der Waals surface area contributed by atoms with Gasteiger partial charge in [0.15, 0.2) is 9.84 Å². The van der Waals surface area contributed by atoms with Crippen LogP contribution in [-0.2, 0) is 20.3 Å². The first kappa shape index (κ1) is 14.8. The average Bonchev–Trinajstić information content (AvgIpc) is 2.30. The van der Waals surface area contributed by atoms with Gasteiger partial charge in [0, 0.05) is 18.4 Å². The van der Waals surface area contributed by atoms with Crippen LogP contribution in [-0.4, -0.2) is 34.5 Å². The molecule has 5 nitrogen and oxygen atoms in total. The summed E-state index contributed by atoms with van der Waals surface area (Å²) in [4.78, 5) is 0. The summed E-state index contributed by atoms with van der Waals surface area (Å²) < 4.78 is 33.9. The molecule has 0 bridgehead atoms. The maximum Gasteiger partial charge on any atom is 0.156 e. The number of anilines is 1. The Bertz CT molecular complexity index is 485. The highest BCUT2D eigenvalue weighted by Gasteiger charge is 2.15. The molecule has 1 rings (SSSR count). The van der Waals surface area contributed by atoms with Crippen LogP contribution < -0.4 is 10.5 Å². The molecule has 0 aromatic heterocycles. The van der Waals surface area contributed by atoms with E-state index in [0.717, 1.165) is 0 Å². The first-order chi connectivity index (χ1) is 8.48. The van der Waals surface area contributed by atoms with E-state index in [9.17, 15) is 8.42 Å². The van der Waals surface area contributed by atoms with E-state index in [2.05, 4.69) is 0 Å². The lowest BCUT2D eigenvalue weighted by Gasteiger charge is -2.11. The lowest BCUT2D eigenvalue weighted by molar-refractivity contribution is 0.217. The molecule has 0 fully saturated rings. The molecule has 0 amide bonds. The predicted molar refractivity (Wildman–Crippen MR) is 71.4 cm³/mol. The number of hydrogen-bond donors (Lipinski definition) is 1. The van der Waals surface area contributed by atoms with E-state index in [1.807, 2.05) is 6.92 Å². The number of rotatable bonds is 7. The summed E-state index contributed by atoms with van der Waals surface area (Å²) in [5, 5.41) is 0. The van der Waals surface area contributed by atoms with Gasteiger partial charge >= 0.3 is 0 Å². The number of benzene rings is 1. The normalized spacial score (nSPS) is 11.4. The molecule has 0 aliphatic rings. The van der Waals surface area contributed by atoms with Crippen molar-refractivity contribution in [3.8, 4) is 5.75 Å². The van der Waals surface area contributed by atoms with Gasteiger partial charge in [0.25, 0.3) is 0 Å². The summed E-state index contributed by atoms with van der Waals surface area (Å²) in [6.45, 7) is 2.52. The summed E-state index contributed by atoms with van der Waals surface area (Å²) >= 11 is 0. The SMILES string of the molecule is CCOc1ccc(N)cc1CS(=O)(=O)CCOC. The predicted octanol–water partition coefficient (Wildman–Crippen LogP) is 1.23. The van der Waals surface area contributed by atoms with E-state index in [-0.39, 0.29) is 18.1 Å². The Hall–Kier alpha value is -1.27. The fourth-order valence-corrected chi connectivity index (χ4v) is 2.79. The molecular formula is C12H19NO4S. The van der Waals surface area contributed by atoms with Crippen molar-refractivity contribution < 1.29 is 17.9 Å². The van der Waals surface area contributed by atoms with E-state index in [4.69, 9.17) is 15.2 Å². The highest BCUT2D eigenvalue weighted by atomic mass is 32.2. The Balaban J connectivity index is 2.91. The third-order valence-electron chi connectivity index (χ3n) is 2.36. The molecule has 0 saturated heterocycles. The molecule has 6 heteroatoms. The molecule has 1 aromatic rings. The van der Waals surface area contributed by atoms with Gasteiger partial charge in [-0.05, 0) is 25.1 Å². The van der Waals surface area contributed by atoms with Crippen LogP contribution in [0.25, 0.3) is 0 Å². The lowest BCUT2D eigenvalue weighted by Crippen LogP contribution is -2.14. The monoisotopic (exact) mass is 273 g/mol. The minimum Gasteiger partial charge on any atom is -0.494 e. The molecule has 0 atom stereocenters. The van der Waals surface area contributed by atoms with Gasteiger partial charge in [0.1, 0.15) is 5.75 Å².